The standard InChI is InChI=1S/C12H25FN2O2S/c1-11-6-3-4-8-15(11)12(2)10-14-18(16,17)9-5-7-13/h11-12,14H,3-10H2,1-2H3/t11-,12+/m1/s1. The van der Waals surface area contributed by atoms with Crippen molar-refractivity contribution in [3.63, 3.8) is 0 Å². The second-order valence-corrected chi connectivity index (χ2v) is 7.07. The van der Waals surface area contributed by atoms with Gasteiger partial charge in [-0.1, -0.05) is 6.42 Å². The van der Waals surface area contributed by atoms with Crippen molar-refractivity contribution in [2.45, 2.75) is 51.6 Å². The van der Waals surface area contributed by atoms with Gasteiger partial charge in [0.25, 0.3) is 0 Å². The SMILES string of the molecule is C[C@@H]1CCCCN1[C@@H](C)CNS(=O)(=O)CCCF. The van der Waals surface area contributed by atoms with E-state index in [1.807, 2.05) is 6.92 Å². The molecule has 1 N–H and O–H groups in total. The van der Waals surface area contributed by atoms with Gasteiger partial charge < -0.3 is 0 Å². The van der Waals surface area contributed by atoms with Gasteiger partial charge in [0.1, 0.15) is 0 Å². The Labute approximate surface area is 110 Å². The fraction of sp³-hybridized carbons (Fsp3) is 1.00. The monoisotopic (exact) mass is 280 g/mol. The van der Waals surface area contributed by atoms with Crippen molar-refractivity contribution in [2.75, 3.05) is 25.5 Å². The van der Waals surface area contributed by atoms with Gasteiger partial charge >= 0.3 is 0 Å². The number of likely N-dealkylation sites (tertiary alicyclic amines) is 1. The normalized spacial score (nSPS) is 24.1. The third kappa shape index (κ3) is 5.20. The molecule has 0 aromatic rings. The highest BCUT2D eigenvalue weighted by molar-refractivity contribution is 7.89. The molecule has 6 heteroatoms. The molecule has 18 heavy (non-hydrogen) atoms. The van der Waals surface area contributed by atoms with E-state index >= 15 is 0 Å². The van der Waals surface area contributed by atoms with Gasteiger partial charge in [-0.3, -0.25) is 9.29 Å². The first-order chi connectivity index (χ1) is 8.46. The minimum absolute atomic E-state index is 0.0732. The number of sulfonamides is 1. The maximum atomic E-state index is 12.0. The second kappa shape index (κ2) is 7.40. The molecule has 0 spiro atoms. The molecule has 0 unspecified atom stereocenters. The maximum absolute atomic E-state index is 12.0. The number of rotatable bonds is 7. The summed E-state index contributed by atoms with van der Waals surface area (Å²) >= 11 is 0. The van der Waals surface area contributed by atoms with Gasteiger partial charge in [-0.15, -0.1) is 0 Å². The fourth-order valence-electron chi connectivity index (χ4n) is 2.46. The highest BCUT2D eigenvalue weighted by Crippen LogP contribution is 2.18. The van der Waals surface area contributed by atoms with Crippen LogP contribution in [0.2, 0.25) is 0 Å². The van der Waals surface area contributed by atoms with Crippen LogP contribution in [-0.4, -0.2) is 50.9 Å². The summed E-state index contributed by atoms with van der Waals surface area (Å²) in [5.74, 6) is -0.119. The Hall–Kier alpha value is -0.200. The van der Waals surface area contributed by atoms with Crippen molar-refractivity contribution in [3.8, 4) is 0 Å². The van der Waals surface area contributed by atoms with Crippen LogP contribution < -0.4 is 4.72 Å². The van der Waals surface area contributed by atoms with E-state index in [2.05, 4.69) is 16.5 Å². The first kappa shape index (κ1) is 15.9. The van der Waals surface area contributed by atoms with E-state index in [4.69, 9.17) is 0 Å². The van der Waals surface area contributed by atoms with Gasteiger partial charge in [0.05, 0.1) is 12.4 Å². The summed E-state index contributed by atoms with van der Waals surface area (Å²) in [6.07, 6.45) is 3.69. The van der Waals surface area contributed by atoms with Crippen LogP contribution in [0, 0.1) is 0 Å². The van der Waals surface area contributed by atoms with E-state index in [1.165, 1.54) is 19.3 Å². The molecule has 1 heterocycles. The van der Waals surface area contributed by atoms with Crippen LogP contribution in [0.15, 0.2) is 0 Å². The lowest BCUT2D eigenvalue weighted by Crippen LogP contribution is -2.48. The van der Waals surface area contributed by atoms with Crippen LogP contribution in [0.25, 0.3) is 0 Å². The molecule has 1 rings (SSSR count). The number of hydrogen-bond acceptors (Lipinski definition) is 3. The lowest BCUT2D eigenvalue weighted by Gasteiger charge is -2.38. The predicted molar refractivity (Wildman–Crippen MR) is 71.9 cm³/mol. The van der Waals surface area contributed by atoms with Crippen LogP contribution in [-0.2, 0) is 10.0 Å². The Morgan fingerprint density at radius 3 is 2.78 bits per heavy atom. The van der Waals surface area contributed by atoms with Crippen LogP contribution >= 0.6 is 0 Å². The lowest BCUT2D eigenvalue weighted by atomic mass is 10.0. The van der Waals surface area contributed by atoms with E-state index in [0.717, 1.165) is 6.54 Å². The highest BCUT2D eigenvalue weighted by Gasteiger charge is 2.23. The Kier molecular flexibility index (Phi) is 6.52. The fourth-order valence-corrected chi connectivity index (χ4v) is 3.59. The zero-order chi connectivity index (χ0) is 13.6. The quantitative estimate of drug-likeness (QED) is 0.769. The van der Waals surface area contributed by atoms with Crippen LogP contribution in [0.5, 0.6) is 0 Å². The van der Waals surface area contributed by atoms with Gasteiger partial charge in [0, 0.05) is 18.6 Å². The molecule has 2 atom stereocenters. The summed E-state index contributed by atoms with van der Waals surface area (Å²) in [5, 5.41) is 0. The molecule has 0 saturated carbocycles. The summed E-state index contributed by atoms with van der Waals surface area (Å²) in [4.78, 5) is 2.35. The van der Waals surface area contributed by atoms with E-state index in [-0.39, 0.29) is 18.2 Å². The average molecular weight is 280 g/mol. The summed E-state index contributed by atoms with van der Waals surface area (Å²) < 4.78 is 37.7. The molecule has 1 aliphatic heterocycles. The molecular weight excluding hydrogens is 255 g/mol. The molecule has 0 aromatic heterocycles. The third-order valence-electron chi connectivity index (χ3n) is 3.57. The minimum atomic E-state index is -3.31. The number of nitrogens with zero attached hydrogens (tertiary/aromatic N) is 1. The molecule has 0 bridgehead atoms. The molecule has 0 radical (unpaired) electrons. The molecule has 0 amide bonds. The van der Waals surface area contributed by atoms with Gasteiger partial charge in [-0.25, -0.2) is 13.1 Å². The lowest BCUT2D eigenvalue weighted by molar-refractivity contribution is 0.116. The largest absolute Gasteiger partial charge is 0.297 e. The number of alkyl halides is 1. The smallest absolute Gasteiger partial charge is 0.211 e. The van der Waals surface area contributed by atoms with Crippen molar-refractivity contribution in [3.05, 3.63) is 0 Å². The zero-order valence-electron chi connectivity index (χ0n) is 11.4. The van der Waals surface area contributed by atoms with E-state index in [9.17, 15) is 12.8 Å². The Balaban J connectivity index is 2.37. The van der Waals surface area contributed by atoms with Crippen molar-refractivity contribution >= 4 is 10.0 Å². The topological polar surface area (TPSA) is 49.4 Å². The molecule has 0 aliphatic carbocycles. The average Bonchev–Trinajstić information content (AvgIpc) is 2.34. The second-order valence-electron chi connectivity index (χ2n) is 5.14. The van der Waals surface area contributed by atoms with Crippen molar-refractivity contribution in [1.29, 1.82) is 0 Å². The first-order valence-electron chi connectivity index (χ1n) is 6.75. The Morgan fingerprint density at radius 2 is 2.17 bits per heavy atom. The van der Waals surface area contributed by atoms with E-state index in [0.29, 0.717) is 12.6 Å². The van der Waals surface area contributed by atoms with Crippen molar-refractivity contribution in [2.24, 2.45) is 0 Å². The molecule has 108 valence electrons. The maximum Gasteiger partial charge on any atom is 0.211 e. The predicted octanol–water partition coefficient (Wildman–Crippen LogP) is 1.53. The Bertz CT molecular complexity index is 335. The Morgan fingerprint density at radius 1 is 1.44 bits per heavy atom. The molecular formula is C12H25FN2O2S. The molecule has 1 aliphatic rings. The summed E-state index contributed by atoms with van der Waals surface area (Å²) in [6.45, 7) is 5.10. The molecule has 4 nitrogen and oxygen atoms in total. The van der Waals surface area contributed by atoms with Gasteiger partial charge in [0.15, 0.2) is 0 Å². The van der Waals surface area contributed by atoms with Crippen LogP contribution in [0.4, 0.5) is 4.39 Å². The summed E-state index contributed by atoms with van der Waals surface area (Å²) in [5.41, 5.74) is 0. The summed E-state index contributed by atoms with van der Waals surface area (Å²) in [7, 11) is -3.31. The zero-order valence-corrected chi connectivity index (χ0v) is 12.2. The molecule has 0 aromatic carbocycles. The van der Waals surface area contributed by atoms with E-state index in [1.54, 1.807) is 0 Å². The number of piperidine rings is 1. The van der Waals surface area contributed by atoms with Crippen LogP contribution in [0.3, 0.4) is 0 Å². The summed E-state index contributed by atoms with van der Waals surface area (Å²) in [6, 6.07) is 0.713. The van der Waals surface area contributed by atoms with Crippen LogP contribution in [0.1, 0.15) is 39.5 Å². The van der Waals surface area contributed by atoms with Gasteiger partial charge in [0.2, 0.25) is 10.0 Å². The number of nitrogens with one attached hydrogen (secondary N) is 1. The van der Waals surface area contributed by atoms with Crippen molar-refractivity contribution in [1.82, 2.24) is 9.62 Å². The van der Waals surface area contributed by atoms with Gasteiger partial charge in [-0.05, 0) is 39.7 Å². The third-order valence-corrected chi connectivity index (χ3v) is 5.00. The highest BCUT2D eigenvalue weighted by atomic mass is 32.2. The van der Waals surface area contributed by atoms with E-state index < -0.39 is 16.7 Å². The molecule has 1 fully saturated rings. The minimum Gasteiger partial charge on any atom is -0.297 e. The van der Waals surface area contributed by atoms with Crippen molar-refractivity contribution < 1.29 is 12.8 Å². The number of halogens is 1. The molecule has 1 saturated heterocycles. The van der Waals surface area contributed by atoms with Gasteiger partial charge in [-0.2, -0.15) is 0 Å². The number of hydrogen-bond donors (Lipinski definition) is 1. The first-order valence-corrected chi connectivity index (χ1v) is 8.40.